The summed E-state index contributed by atoms with van der Waals surface area (Å²) in [6.07, 6.45) is 6.77. The van der Waals surface area contributed by atoms with Crippen molar-refractivity contribution in [3.63, 3.8) is 0 Å². The van der Waals surface area contributed by atoms with Gasteiger partial charge in [-0.15, -0.1) is 0 Å². The van der Waals surface area contributed by atoms with Crippen LogP contribution in [-0.4, -0.2) is 9.97 Å². The lowest BCUT2D eigenvalue weighted by Crippen LogP contribution is -1.94. The molecule has 1 aromatic carbocycles. The van der Waals surface area contributed by atoms with Gasteiger partial charge in [0.15, 0.2) is 6.19 Å². The van der Waals surface area contributed by atoms with Gasteiger partial charge < -0.3 is 4.42 Å². The summed E-state index contributed by atoms with van der Waals surface area (Å²) in [6, 6.07) is 7.76. The Kier molecular flexibility index (Phi) is 2.39. The van der Waals surface area contributed by atoms with Crippen molar-refractivity contribution in [2.45, 2.75) is 0 Å². The van der Waals surface area contributed by atoms with Crippen molar-refractivity contribution in [3.8, 4) is 17.3 Å². The summed E-state index contributed by atoms with van der Waals surface area (Å²) in [5.74, 6) is 0.286. The molecular formula is C13H8N4O. The van der Waals surface area contributed by atoms with E-state index in [0.717, 1.165) is 22.1 Å². The second-order valence-electron chi connectivity index (χ2n) is 3.68. The van der Waals surface area contributed by atoms with E-state index in [-0.39, 0.29) is 5.95 Å². The van der Waals surface area contributed by atoms with Crippen LogP contribution in [0.3, 0.4) is 0 Å². The van der Waals surface area contributed by atoms with Crippen LogP contribution in [0.25, 0.3) is 22.1 Å². The van der Waals surface area contributed by atoms with E-state index in [1.807, 2.05) is 24.3 Å². The van der Waals surface area contributed by atoms with Crippen LogP contribution in [0.2, 0.25) is 0 Å². The Balaban J connectivity index is 2.07. The third kappa shape index (κ3) is 1.66. The summed E-state index contributed by atoms with van der Waals surface area (Å²) in [6.45, 7) is 0. The topological polar surface area (TPSA) is 74.7 Å². The summed E-state index contributed by atoms with van der Waals surface area (Å²) < 4.78 is 5.46. The number of aromatic nitrogens is 2. The molecule has 18 heavy (non-hydrogen) atoms. The maximum Gasteiger partial charge on any atom is 0.236 e. The van der Waals surface area contributed by atoms with Gasteiger partial charge in [0.05, 0.1) is 6.26 Å². The molecule has 86 valence electrons. The maximum atomic E-state index is 8.46. The Morgan fingerprint density at radius 2 is 1.94 bits per heavy atom. The second kappa shape index (κ2) is 4.18. The van der Waals surface area contributed by atoms with E-state index >= 15 is 0 Å². The second-order valence-corrected chi connectivity index (χ2v) is 3.68. The lowest BCUT2D eigenvalue weighted by Gasteiger charge is -1.99. The van der Waals surface area contributed by atoms with Gasteiger partial charge in [-0.05, 0) is 6.07 Å². The van der Waals surface area contributed by atoms with Gasteiger partial charge in [0.25, 0.3) is 0 Å². The van der Waals surface area contributed by atoms with Crippen LogP contribution in [0.1, 0.15) is 0 Å². The summed E-state index contributed by atoms with van der Waals surface area (Å²) in [5, 5.41) is 11.9. The van der Waals surface area contributed by atoms with Crippen molar-refractivity contribution in [1.82, 2.24) is 9.97 Å². The first kappa shape index (κ1) is 10.3. The molecule has 0 saturated heterocycles. The minimum atomic E-state index is 0.286. The first-order valence-corrected chi connectivity index (χ1v) is 5.32. The Bertz CT molecular complexity index is 725. The highest BCUT2D eigenvalue weighted by atomic mass is 16.3. The number of anilines is 1. The van der Waals surface area contributed by atoms with E-state index in [2.05, 4.69) is 15.3 Å². The molecule has 0 bridgehead atoms. The zero-order valence-corrected chi connectivity index (χ0v) is 9.29. The summed E-state index contributed by atoms with van der Waals surface area (Å²) >= 11 is 0. The number of hydrogen-bond donors (Lipinski definition) is 1. The van der Waals surface area contributed by atoms with E-state index in [1.54, 1.807) is 24.9 Å². The van der Waals surface area contributed by atoms with Crippen LogP contribution < -0.4 is 5.32 Å². The first-order valence-electron chi connectivity index (χ1n) is 5.32. The van der Waals surface area contributed by atoms with E-state index in [1.165, 1.54) is 0 Å². The number of nitrogens with one attached hydrogen (secondary N) is 1. The molecule has 0 amide bonds. The van der Waals surface area contributed by atoms with Crippen LogP contribution in [-0.2, 0) is 0 Å². The zero-order chi connectivity index (χ0) is 12.4. The van der Waals surface area contributed by atoms with Gasteiger partial charge in [0.1, 0.15) is 5.58 Å². The number of nitrogens with zero attached hydrogens (tertiary/aromatic N) is 3. The monoisotopic (exact) mass is 236 g/mol. The van der Waals surface area contributed by atoms with Crippen molar-refractivity contribution in [2.75, 3.05) is 5.32 Å². The molecule has 5 heteroatoms. The lowest BCUT2D eigenvalue weighted by molar-refractivity contribution is 0.617. The van der Waals surface area contributed by atoms with Crippen molar-refractivity contribution in [3.05, 3.63) is 42.9 Å². The average Bonchev–Trinajstić information content (AvgIpc) is 2.84. The van der Waals surface area contributed by atoms with Crippen molar-refractivity contribution >= 4 is 16.9 Å². The van der Waals surface area contributed by atoms with Crippen molar-refractivity contribution in [2.24, 2.45) is 0 Å². The Labute approximate surface area is 103 Å². The first-order chi connectivity index (χ1) is 8.88. The molecule has 0 fully saturated rings. The molecule has 0 aliphatic rings. The SMILES string of the molecule is N#CNc1ncc(-c2coc3ccccc23)cn1. The zero-order valence-electron chi connectivity index (χ0n) is 9.29. The van der Waals surface area contributed by atoms with Crippen LogP contribution in [0.15, 0.2) is 47.3 Å². The third-order valence-corrected chi connectivity index (χ3v) is 2.61. The molecule has 0 radical (unpaired) electrons. The number of furan rings is 1. The fourth-order valence-electron chi connectivity index (χ4n) is 1.78. The van der Waals surface area contributed by atoms with Crippen molar-refractivity contribution in [1.29, 1.82) is 5.26 Å². The van der Waals surface area contributed by atoms with Gasteiger partial charge in [-0.3, -0.25) is 5.32 Å². The standard InChI is InChI=1S/C13H8N4O/c14-8-17-13-15-5-9(6-16-13)11-7-18-12-4-2-1-3-10(11)12/h1-7H,(H,15,16,17). The largest absolute Gasteiger partial charge is 0.464 e. The van der Waals surface area contributed by atoms with Gasteiger partial charge in [0.2, 0.25) is 5.95 Å². The van der Waals surface area contributed by atoms with Gasteiger partial charge in [0, 0.05) is 28.9 Å². The van der Waals surface area contributed by atoms with Crippen LogP contribution in [0.4, 0.5) is 5.95 Å². The number of benzene rings is 1. The summed E-state index contributed by atoms with van der Waals surface area (Å²) in [7, 11) is 0. The fourth-order valence-corrected chi connectivity index (χ4v) is 1.78. The van der Waals surface area contributed by atoms with Crippen LogP contribution >= 0.6 is 0 Å². The Hall–Kier alpha value is -2.87. The van der Waals surface area contributed by atoms with E-state index in [4.69, 9.17) is 9.68 Å². The molecule has 5 nitrogen and oxygen atoms in total. The number of para-hydroxylation sites is 1. The lowest BCUT2D eigenvalue weighted by atomic mass is 10.1. The highest BCUT2D eigenvalue weighted by Gasteiger charge is 2.08. The molecule has 3 aromatic rings. The molecule has 2 aromatic heterocycles. The number of rotatable bonds is 2. The molecule has 0 unspecified atom stereocenters. The number of nitriles is 1. The maximum absolute atomic E-state index is 8.46. The molecule has 0 aliphatic heterocycles. The van der Waals surface area contributed by atoms with E-state index < -0.39 is 0 Å². The fraction of sp³-hybridized carbons (Fsp3) is 0. The molecule has 0 saturated carbocycles. The van der Waals surface area contributed by atoms with Crippen LogP contribution in [0, 0.1) is 11.5 Å². The quantitative estimate of drug-likeness (QED) is 0.547. The Morgan fingerprint density at radius 3 is 2.72 bits per heavy atom. The van der Waals surface area contributed by atoms with Gasteiger partial charge in [-0.2, -0.15) is 5.26 Å². The predicted octanol–water partition coefficient (Wildman–Crippen LogP) is 2.78. The Morgan fingerprint density at radius 1 is 1.17 bits per heavy atom. The molecule has 1 N–H and O–H groups in total. The van der Waals surface area contributed by atoms with E-state index in [0.29, 0.717) is 0 Å². The smallest absolute Gasteiger partial charge is 0.236 e. The highest BCUT2D eigenvalue weighted by molar-refractivity contribution is 5.93. The molecule has 2 heterocycles. The van der Waals surface area contributed by atoms with E-state index in [9.17, 15) is 0 Å². The van der Waals surface area contributed by atoms with Gasteiger partial charge in [-0.1, -0.05) is 18.2 Å². The third-order valence-electron chi connectivity index (χ3n) is 2.61. The average molecular weight is 236 g/mol. The minimum Gasteiger partial charge on any atom is -0.464 e. The summed E-state index contributed by atoms with van der Waals surface area (Å²) in [4.78, 5) is 8.09. The van der Waals surface area contributed by atoms with Crippen molar-refractivity contribution < 1.29 is 4.42 Å². The summed E-state index contributed by atoms with van der Waals surface area (Å²) in [5.41, 5.74) is 2.62. The van der Waals surface area contributed by atoms with Gasteiger partial charge >= 0.3 is 0 Å². The molecule has 0 atom stereocenters. The predicted molar refractivity (Wildman–Crippen MR) is 66.5 cm³/mol. The molecule has 0 spiro atoms. The molecule has 3 rings (SSSR count). The van der Waals surface area contributed by atoms with Crippen LogP contribution in [0.5, 0.6) is 0 Å². The normalized spacial score (nSPS) is 10.2. The minimum absolute atomic E-state index is 0.286. The number of fused-ring (bicyclic) bond motifs is 1. The highest BCUT2D eigenvalue weighted by Crippen LogP contribution is 2.29. The molecule has 0 aliphatic carbocycles. The van der Waals surface area contributed by atoms with Gasteiger partial charge in [-0.25, -0.2) is 9.97 Å². The number of hydrogen-bond acceptors (Lipinski definition) is 5. The molecular weight excluding hydrogens is 228 g/mol.